The van der Waals surface area contributed by atoms with Gasteiger partial charge in [0.05, 0.1) is 6.61 Å². The Morgan fingerprint density at radius 2 is 1.64 bits per heavy atom. The van der Waals surface area contributed by atoms with Crippen LogP contribution in [-0.2, 0) is 11.3 Å². The van der Waals surface area contributed by atoms with Crippen LogP contribution >= 0.6 is 0 Å². The largest absolute Gasteiger partial charge is 0.494 e. The summed E-state index contributed by atoms with van der Waals surface area (Å²) in [6.07, 6.45) is 2.18. The zero-order chi connectivity index (χ0) is 19.6. The summed E-state index contributed by atoms with van der Waals surface area (Å²) in [5, 5.41) is 3.01. The summed E-state index contributed by atoms with van der Waals surface area (Å²) in [6.45, 7) is 8.81. The Morgan fingerprint density at radius 1 is 0.964 bits per heavy atom. The van der Waals surface area contributed by atoms with E-state index in [9.17, 15) is 4.79 Å². The van der Waals surface area contributed by atoms with Crippen molar-refractivity contribution < 1.29 is 19.3 Å². The van der Waals surface area contributed by atoms with E-state index in [0.717, 1.165) is 63.6 Å². The number of amides is 1. The number of rotatable bonds is 9. The van der Waals surface area contributed by atoms with E-state index in [0.29, 0.717) is 6.54 Å². The molecule has 0 aliphatic carbocycles. The summed E-state index contributed by atoms with van der Waals surface area (Å²) < 4.78 is 5.66. The highest BCUT2D eigenvalue weighted by Gasteiger charge is 2.24. The Kier molecular flexibility index (Phi) is 7.88. The predicted molar refractivity (Wildman–Crippen MR) is 112 cm³/mol. The molecular weight excluding hydrogens is 350 g/mol. The number of hydrogen-bond acceptors (Lipinski definition) is 2. The average molecular weight is 384 g/mol. The molecule has 1 heterocycles. The molecule has 0 unspecified atom stereocenters. The minimum absolute atomic E-state index is 0.0844. The first-order valence-electron chi connectivity index (χ1n) is 10.5. The fraction of sp³-hybridized carbons (Fsp3) is 0.435. The average Bonchev–Trinajstić information content (AvgIpc) is 2.72. The third-order valence-electron chi connectivity index (χ3n) is 5.28. The van der Waals surface area contributed by atoms with Gasteiger partial charge in [-0.2, -0.15) is 0 Å². The SMILES string of the molecule is CCCCOc1ccc(NC(=O)C[NH+]2CC[NH+](Cc3ccccc3)CC2)cc1. The van der Waals surface area contributed by atoms with E-state index in [-0.39, 0.29) is 5.91 Å². The van der Waals surface area contributed by atoms with E-state index in [1.165, 1.54) is 10.5 Å². The molecule has 2 aromatic carbocycles. The van der Waals surface area contributed by atoms with E-state index >= 15 is 0 Å². The van der Waals surface area contributed by atoms with Gasteiger partial charge < -0.3 is 19.9 Å². The molecule has 1 aliphatic heterocycles. The lowest BCUT2D eigenvalue weighted by atomic mass is 10.2. The van der Waals surface area contributed by atoms with Gasteiger partial charge in [-0.05, 0) is 30.7 Å². The van der Waals surface area contributed by atoms with Gasteiger partial charge in [0, 0.05) is 11.3 Å². The molecule has 3 rings (SSSR count). The van der Waals surface area contributed by atoms with Crippen LogP contribution in [0.1, 0.15) is 25.3 Å². The number of quaternary nitrogens is 2. The Labute approximate surface area is 168 Å². The van der Waals surface area contributed by atoms with Gasteiger partial charge in [0.1, 0.15) is 38.5 Å². The van der Waals surface area contributed by atoms with Crippen molar-refractivity contribution >= 4 is 11.6 Å². The van der Waals surface area contributed by atoms with Crippen molar-refractivity contribution in [2.24, 2.45) is 0 Å². The molecule has 0 bridgehead atoms. The summed E-state index contributed by atoms with van der Waals surface area (Å²) in [7, 11) is 0. The highest BCUT2D eigenvalue weighted by molar-refractivity contribution is 5.91. The van der Waals surface area contributed by atoms with Crippen LogP contribution in [0.25, 0.3) is 0 Å². The van der Waals surface area contributed by atoms with Crippen LogP contribution < -0.4 is 19.9 Å². The molecule has 3 N–H and O–H groups in total. The molecule has 0 saturated carbocycles. The summed E-state index contributed by atoms with van der Waals surface area (Å²) in [5.74, 6) is 0.941. The first kappa shape index (κ1) is 20.4. The van der Waals surface area contributed by atoms with Gasteiger partial charge in [-0.15, -0.1) is 0 Å². The van der Waals surface area contributed by atoms with Crippen molar-refractivity contribution in [2.75, 3.05) is 44.6 Å². The molecule has 1 amide bonds. The van der Waals surface area contributed by atoms with E-state index in [1.807, 2.05) is 24.3 Å². The van der Waals surface area contributed by atoms with Gasteiger partial charge in [0.15, 0.2) is 6.54 Å². The van der Waals surface area contributed by atoms with Gasteiger partial charge in [0.25, 0.3) is 5.91 Å². The normalized spacial score (nSPS) is 19.2. The van der Waals surface area contributed by atoms with Crippen LogP contribution in [0.2, 0.25) is 0 Å². The lowest BCUT2D eigenvalue weighted by Crippen LogP contribution is -3.28. The molecule has 1 saturated heterocycles. The predicted octanol–water partition coefficient (Wildman–Crippen LogP) is 0.788. The fourth-order valence-corrected chi connectivity index (χ4v) is 3.60. The molecule has 5 heteroatoms. The lowest BCUT2D eigenvalue weighted by molar-refractivity contribution is -1.02. The molecule has 0 spiro atoms. The van der Waals surface area contributed by atoms with Crippen molar-refractivity contribution in [3.63, 3.8) is 0 Å². The minimum Gasteiger partial charge on any atom is -0.494 e. The van der Waals surface area contributed by atoms with Gasteiger partial charge in [0.2, 0.25) is 0 Å². The van der Waals surface area contributed by atoms with Gasteiger partial charge in [-0.3, -0.25) is 4.79 Å². The standard InChI is InChI=1S/C23H31N3O2/c1-2-3-17-28-22-11-9-21(10-12-22)24-23(27)19-26-15-13-25(14-16-26)18-20-7-5-4-6-8-20/h4-12H,2-3,13-19H2,1H3,(H,24,27)/p+2. The Morgan fingerprint density at radius 3 is 2.32 bits per heavy atom. The second-order valence-corrected chi connectivity index (χ2v) is 7.61. The molecule has 0 aromatic heterocycles. The van der Waals surface area contributed by atoms with Crippen LogP contribution in [0.5, 0.6) is 5.75 Å². The van der Waals surface area contributed by atoms with Crippen LogP contribution in [0.4, 0.5) is 5.69 Å². The van der Waals surface area contributed by atoms with Crippen LogP contribution in [0.15, 0.2) is 54.6 Å². The molecule has 0 radical (unpaired) electrons. The third kappa shape index (κ3) is 6.66. The zero-order valence-electron chi connectivity index (χ0n) is 16.9. The van der Waals surface area contributed by atoms with Crippen LogP contribution in [0, 0.1) is 0 Å². The third-order valence-corrected chi connectivity index (χ3v) is 5.28. The number of carbonyl (C=O) groups excluding carboxylic acids is 1. The van der Waals surface area contributed by atoms with Crippen molar-refractivity contribution in [1.82, 2.24) is 0 Å². The Hall–Kier alpha value is -2.37. The number of unbranched alkanes of at least 4 members (excludes halogenated alkanes) is 1. The first-order chi connectivity index (χ1) is 13.7. The molecule has 0 atom stereocenters. The van der Waals surface area contributed by atoms with Crippen LogP contribution in [-0.4, -0.2) is 45.2 Å². The Balaban J connectivity index is 1.37. The Bertz CT molecular complexity index is 710. The minimum atomic E-state index is 0.0844. The maximum absolute atomic E-state index is 12.4. The fourth-order valence-electron chi connectivity index (χ4n) is 3.60. The van der Waals surface area contributed by atoms with Gasteiger partial charge >= 0.3 is 0 Å². The molecule has 2 aromatic rings. The van der Waals surface area contributed by atoms with Crippen molar-refractivity contribution in [2.45, 2.75) is 26.3 Å². The summed E-state index contributed by atoms with van der Waals surface area (Å²) in [4.78, 5) is 15.4. The molecule has 1 fully saturated rings. The van der Waals surface area contributed by atoms with Crippen molar-refractivity contribution in [1.29, 1.82) is 0 Å². The van der Waals surface area contributed by atoms with E-state index in [1.54, 1.807) is 4.90 Å². The maximum atomic E-state index is 12.4. The summed E-state index contributed by atoms with van der Waals surface area (Å²) >= 11 is 0. The number of ether oxygens (including phenoxy) is 1. The topological polar surface area (TPSA) is 47.2 Å². The number of hydrogen-bond donors (Lipinski definition) is 3. The highest BCUT2D eigenvalue weighted by atomic mass is 16.5. The lowest BCUT2D eigenvalue weighted by Gasteiger charge is -2.29. The monoisotopic (exact) mass is 383 g/mol. The molecular formula is C23H33N3O2+2. The second-order valence-electron chi connectivity index (χ2n) is 7.61. The molecule has 5 nitrogen and oxygen atoms in total. The van der Waals surface area contributed by atoms with Gasteiger partial charge in [-0.25, -0.2) is 0 Å². The van der Waals surface area contributed by atoms with E-state index < -0.39 is 0 Å². The first-order valence-corrected chi connectivity index (χ1v) is 10.5. The molecule has 150 valence electrons. The molecule has 1 aliphatic rings. The number of benzene rings is 2. The van der Waals surface area contributed by atoms with Crippen LogP contribution in [0.3, 0.4) is 0 Å². The smallest absolute Gasteiger partial charge is 0.279 e. The second kappa shape index (κ2) is 10.8. The number of carbonyl (C=O) groups is 1. The van der Waals surface area contributed by atoms with Crippen molar-refractivity contribution in [3.8, 4) is 5.75 Å². The highest BCUT2D eigenvalue weighted by Crippen LogP contribution is 2.15. The summed E-state index contributed by atoms with van der Waals surface area (Å²) in [5.41, 5.74) is 2.22. The van der Waals surface area contributed by atoms with Gasteiger partial charge in [-0.1, -0.05) is 43.7 Å². The summed E-state index contributed by atoms with van der Waals surface area (Å²) in [6, 6.07) is 18.3. The molecule has 28 heavy (non-hydrogen) atoms. The quantitative estimate of drug-likeness (QED) is 0.561. The number of anilines is 1. The number of piperazine rings is 1. The zero-order valence-corrected chi connectivity index (χ0v) is 16.9. The van der Waals surface area contributed by atoms with E-state index in [2.05, 4.69) is 42.6 Å². The maximum Gasteiger partial charge on any atom is 0.279 e. The van der Waals surface area contributed by atoms with Crippen molar-refractivity contribution in [3.05, 3.63) is 60.2 Å². The van der Waals surface area contributed by atoms with E-state index in [4.69, 9.17) is 4.74 Å². The number of nitrogens with one attached hydrogen (secondary N) is 3.